The monoisotopic (exact) mass is 376 g/mol. The van der Waals surface area contributed by atoms with Gasteiger partial charge in [-0.1, -0.05) is 25.0 Å². The van der Waals surface area contributed by atoms with E-state index in [-0.39, 0.29) is 18.2 Å². The molecule has 0 unspecified atom stereocenters. The minimum absolute atomic E-state index is 0. The van der Waals surface area contributed by atoms with Crippen molar-refractivity contribution < 1.29 is 4.39 Å². The summed E-state index contributed by atoms with van der Waals surface area (Å²) in [6, 6.07) is 5.85. The Kier molecular flexibility index (Phi) is 6.48. The zero-order chi connectivity index (χ0) is 13.9. The number of hydrogen-bond acceptors (Lipinski definition) is 2. The van der Waals surface area contributed by atoms with E-state index < -0.39 is 0 Å². The van der Waals surface area contributed by atoms with Gasteiger partial charge < -0.3 is 5.32 Å². The maximum Gasteiger partial charge on any atom is 0.137 e. The van der Waals surface area contributed by atoms with Crippen molar-refractivity contribution in [2.75, 3.05) is 26.2 Å². The van der Waals surface area contributed by atoms with Gasteiger partial charge in [0.05, 0.1) is 4.47 Å². The van der Waals surface area contributed by atoms with Crippen LogP contribution in [0.15, 0.2) is 22.7 Å². The first-order chi connectivity index (χ1) is 9.77. The fourth-order valence-electron chi connectivity index (χ4n) is 3.73. The lowest BCUT2D eigenvalue weighted by Gasteiger charge is -2.39. The molecule has 0 spiro atoms. The third-order valence-corrected chi connectivity index (χ3v) is 5.53. The molecule has 3 rings (SSSR count). The molecule has 0 aromatic heterocycles. The second-order valence-electron chi connectivity index (χ2n) is 5.92. The van der Waals surface area contributed by atoms with E-state index in [0.717, 1.165) is 31.7 Å². The summed E-state index contributed by atoms with van der Waals surface area (Å²) in [5.74, 6) is 0.534. The van der Waals surface area contributed by atoms with Gasteiger partial charge in [-0.2, -0.15) is 0 Å². The molecule has 1 aromatic carbocycles. The van der Waals surface area contributed by atoms with Gasteiger partial charge in [0.2, 0.25) is 0 Å². The average molecular weight is 378 g/mol. The van der Waals surface area contributed by atoms with E-state index in [1.807, 2.05) is 6.07 Å². The van der Waals surface area contributed by atoms with Crippen molar-refractivity contribution in [3.63, 3.8) is 0 Å². The zero-order valence-corrected chi connectivity index (χ0v) is 14.6. The fourth-order valence-corrected chi connectivity index (χ4v) is 4.23. The largest absolute Gasteiger partial charge is 0.314 e. The molecule has 118 valence electrons. The SMILES string of the molecule is Cl.Fc1cccc([C@H](C2CCCC2)N2CCNCC2)c1Br. The fraction of sp³-hybridized carbons (Fsp3) is 0.625. The van der Waals surface area contributed by atoms with E-state index in [1.54, 1.807) is 0 Å². The number of nitrogens with one attached hydrogen (secondary N) is 1. The average Bonchev–Trinajstić information content (AvgIpc) is 2.99. The van der Waals surface area contributed by atoms with Crippen LogP contribution in [0.4, 0.5) is 4.39 Å². The first-order valence-corrected chi connectivity index (χ1v) is 8.45. The van der Waals surface area contributed by atoms with Crippen LogP contribution in [0.1, 0.15) is 37.3 Å². The maximum absolute atomic E-state index is 13.9. The summed E-state index contributed by atoms with van der Waals surface area (Å²) in [6.45, 7) is 4.19. The number of piperazine rings is 1. The number of hydrogen-bond donors (Lipinski definition) is 1. The lowest BCUT2D eigenvalue weighted by atomic mass is 9.89. The normalized spacial score (nSPS) is 22.0. The van der Waals surface area contributed by atoms with Crippen LogP contribution in [-0.4, -0.2) is 31.1 Å². The van der Waals surface area contributed by atoms with Gasteiger partial charge >= 0.3 is 0 Å². The van der Waals surface area contributed by atoms with Crippen molar-refractivity contribution in [2.45, 2.75) is 31.7 Å². The van der Waals surface area contributed by atoms with Crippen LogP contribution >= 0.6 is 28.3 Å². The highest BCUT2D eigenvalue weighted by atomic mass is 79.9. The van der Waals surface area contributed by atoms with E-state index in [9.17, 15) is 4.39 Å². The van der Waals surface area contributed by atoms with Crippen LogP contribution in [0, 0.1) is 11.7 Å². The number of halogens is 3. The van der Waals surface area contributed by atoms with Crippen molar-refractivity contribution in [1.82, 2.24) is 10.2 Å². The summed E-state index contributed by atoms with van der Waals surface area (Å²) >= 11 is 3.48. The minimum atomic E-state index is -0.138. The molecule has 1 saturated carbocycles. The van der Waals surface area contributed by atoms with Gasteiger partial charge in [0, 0.05) is 32.2 Å². The van der Waals surface area contributed by atoms with Gasteiger partial charge in [-0.05, 0) is 46.3 Å². The lowest BCUT2D eigenvalue weighted by molar-refractivity contribution is 0.125. The molecule has 0 amide bonds. The maximum atomic E-state index is 13.9. The predicted octanol–water partition coefficient (Wildman–Crippen LogP) is 4.15. The second-order valence-corrected chi connectivity index (χ2v) is 6.71. The molecule has 1 atom stereocenters. The zero-order valence-electron chi connectivity index (χ0n) is 12.2. The van der Waals surface area contributed by atoms with E-state index in [1.165, 1.54) is 31.7 Å². The first-order valence-electron chi connectivity index (χ1n) is 7.66. The third kappa shape index (κ3) is 3.79. The van der Waals surface area contributed by atoms with Gasteiger partial charge in [0.15, 0.2) is 0 Å². The lowest BCUT2D eigenvalue weighted by Crippen LogP contribution is -2.46. The van der Waals surface area contributed by atoms with Crippen LogP contribution in [0.2, 0.25) is 0 Å². The molecule has 1 saturated heterocycles. The molecular weight excluding hydrogens is 355 g/mol. The molecule has 1 N–H and O–H groups in total. The van der Waals surface area contributed by atoms with E-state index >= 15 is 0 Å². The van der Waals surface area contributed by atoms with Gasteiger partial charge in [0.25, 0.3) is 0 Å². The Hall–Kier alpha value is -0.160. The summed E-state index contributed by atoms with van der Waals surface area (Å²) in [5, 5.41) is 3.41. The molecule has 5 heteroatoms. The predicted molar refractivity (Wildman–Crippen MR) is 90.5 cm³/mol. The Morgan fingerprint density at radius 3 is 2.52 bits per heavy atom. The highest BCUT2D eigenvalue weighted by Gasteiger charge is 2.33. The molecular formula is C16H23BrClFN2. The van der Waals surface area contributed by atoms with E-state index in [0.29, 0.717) is 16.4 Å². The van der Waals surface area contributed by atoms with Gasteiger partial charge in [-0.25, -0.2) is 4.39 Å². The van der Waals surface area contributed by atoms with Crippen LogP contribution in [0.3, 0.4) is 0 Å². The van der Waals surface area contributed by atoms with Crippen molar-refractivity contribution in [1.29, 1.82) is 0 Å². The van der Waals surface area contributed by atoms with E-state index in [2.05, 4.69) is 32.2 Å². The van der Waals surface area contributed by atoms with Crippen molar-refractivity contribution >= 4 is 28.3 Å². The Morgan fingerprint density at radius 2 is 1.86 bits per heavy atom. The quantitative estimate of drug-likeness (QED) is 0.851. The van der Waals surface area contributed by atoms with Gasteiger partial charge in [0.1, 0.15) is 5.82 Å². The first kappa shape index (κ1) is 17.2. The second kappa shape index (κ2) is 7.91. The van der Waals surface area contributed by atoms with Crippen LogP contribution in [-0.2, 0) is 0 Å². The summed E-state index contributed by atoms with van der Waals surface area (Å²) in [6.07, 6.45) is 5.19. The highest BCUT2D eigenvalue weighted by Crippen LogP contribution is 2.42. The molecule has 1 aliphatic carbocycles. The number of nitrogens with zero attached hydrogens (tertiary/aromatic N) is 1. The van der Waals surface area contributed by atoms with Crippen molar-refractivity contribution in [3.8, 4) is 0 Å². The minimum Gasteiger partial charge on any atom is -0.314 e. The molecule has 2 aliphatic rings. The topological polar surface area (TPSA) is 15.3 Å². The summed E-state index contributed by atoms with van der Waals surface area (Å²) in [4.78, 5) is 2.55. The van der Waals surface area contributed by atoms with E-state index in [4.69, 9.17) is 0 Å². The Labute approximate surface area is 141 Å². The Bertz CT molecular complexity index is 460. The molecule has 0 bridgehead atoms. The number of rotatable bonds is 3. The van der Waals surface area contributed by atoms with Crippen LogP contribution in [0.5, 0.6) is 0 Å². The Morgan fingerprint density at radius 1 is 1.19 bits per heavy atom. The smallest absolute Gasteiger partial charge is 0.137 e. The molecule has 0 radical (unpaired) electrons. The summed E-state index contributed by atoms with van der Waals surface area (Å²) in [5.41, 5.74) is 1.14. The molecule has 1 aliphatic heterocycles. The van der Waals surface area contributed by atoms with Gasteiger partial charge in [-0.15, -0.1) is 12.4 Å². The molecule has 1 heterocycles. The van der Waals surface area contributed by atoms with Gasteiger partial charge in [-0.3, -0.25) is 4.90 Å². The van der Waals surface area contributed by atoms with Crippen molar-refractivity contribution in [2.24, 2.45) is 5.92 Å². The van der Waals surface area contributed by atoms with Crippen LogP contribution < -0.4 is 5.32 Å². The summed E-state index contributed by atoms with van der Waals surface area (Å²) < 4.78 is 14.6. The standard InChI is InChI=1S/C16H22BrFN2.ClH/c17-15-13(6-3-7-14(15)18)16(12-4-1-2-5-12)20-10-8-19-9-11-20;/h3,6-7,12,16,19H,1-2,4-5,8-11H2;1H/t16-;/m0./s1. The summed E-state index contributed by atoms with van der Waals surface area (Å²) in [7, 11) is 0. The highest BCUT2D eigenvalue weighted by molar-refractivity contribution is 9.10. The Balaban J connectivity index is 0.00000161. The number of benzene rings is 1. The van der Waals surface area contributed by atoms with Crippen molar-refractivity contribution in [3.05, 3.63) is 34.1 Å². The van der Waals surface area contributed by atoms with Crippen LogP contribution in [0.25, 0.3) is 0 Å². The molecule has 21 heavy (non-hydrogen) atoms. The molecule has 2 fully saturated rings. The third-order valence-electron chi connectivity index (χ3n) is 4.69. The molecule has 2 nitrogen and oxygen atoms in total. The molecule has 1 aromatic rings.